The third-order valence-corrected chi connectivity index (χ3v) is 8.22. The Hall–Kier alpha value is -3.63. The van der Waals surface area contributed by atoms with Crippen molar-refractivity contribution in [2.24, 2.45) is 0 Å². The van der Waals surface area contributed by atoms with E-state index >= 15 is 0 Å². The second-order valence-electron chi connectivity index (χ2n) is 9.60. The van der Waals surface area contributed by atoms with Gasteiger partial charge in [-0.05, 0) is 81.3 Å². The van der Waals surface area contributed by atoms with Crippen LogP contribution in [0.1, 0.15) is 39.7 Å². The molecule has 220 valence electrons. The molecule has 0 aliphatic carbocycles. The van der Waals surface area contributed by atoms with Crippen molar-refractivity contribution in [2.75, 3.05) is 17.5 Å². The maximum atomic E-state index is 14.1. The number of hydrogen-bond donors (Lipinski definition) is 1. The van der Waals surface area contributed by atoms with Gasteiger partial charge in [-0.25, -0.2) is 12.8 Å². The highest BCUT2D eigenvalue weighted by Crippen LogP contribution is 2.33. The van der Waals surface area contributed by atoms with Crippen molar-refractivity contribution in [1.29, 1.82) is 0 Å². The van der Waals surface area contributed by atoms with Crippen molar-refractivity contribution in [3.63, 3.8) is 0 Å². The van der Waals surface area contributed by atoms with Crippen molar-refractivity contribution in [1.82, 2.24) is 10.2 Å². The lowest BCUT2D eigenvalue weighted by Crippen LogP contribution is -2.53. The van der Waals surface area contributed by atoms with Crippen LogP contribution in [0.2, 0.25) is 5.02 Å². The first-order chi connectivity index (χ1) is 19.5. The topological polar surface area (TPSA) is 96.0 Å². The largest absolute Gasteiger partial charge is 0.492 e. The third-order valence-electron chi connectivity index (χ3n) is 6.20. The zero-order valence-corrected chi connectivity index (χ0v) is 25.1. The SMILES string of the molecule is CCOc1ccccc1N(CC(=O)N(Cc1ccc(F)cc1)C(CC)C(=O)NC(C)C)S(=O)(=O)c1ccc(Cl)cc1. The van der Waals surface area contributed by atoms with E-state index in [1.807, 2.05) is 13.8 Å². The van der Waals surface area contributed by atoms with Crippen molar-refractivity contribution in [2.45, 2.75) is 57.6 Å². The van der Waals surface area contributed by atoms with Crippen LogP contribution in [0.4, 0.5) is 10.1 Å². The standard InChI is InChI=1S/C30H35ClFN3O5S/c1-5-26(30(37)33-21(3)4)34(19-22-11-15-24(32)16-12-22)29(36)20-35(27-9-7-8-10-28(27)40-6-2)41(38,39)25-17-13-23(31)14-18-25/h7-18,21,26H,5-6,19-20H2,1-4H3,(H,33,37). The molecule has 0 saturated carbocycles. The van der Waals surface area contributed by atoms with Gasteiger partial charge in [-0.1, -0.05) is 42.8 Å². The zero-order valence-electron chi connectivity index (χ0n) is 23.5. The van der Waals surface area contributed by atoms with Gasteiger partial charge in [0.25, 0.3) is 10.0 Å². The molecule has 11 heteroatoms. The summed E-state index contributed by atoms with van der Waals surface area (Å²) in [7, 11) is -4.29. The summed E-state index contributed by atoms with van der Waals surface area (Å²) in [6, 6.07) is 16.6. The highest BCUT2D eigenvalue weighted by Gasteiger charge is 2.34. The Morgan fingerprint density at radius 2 is 1.61 bits per heavy atom. The molecule has 0 heterocycles. The lowest BCUT2D eigenvalue weighted by atomic mass is 10.1. The minimum atomic E-state index is -4.29. The van der Waals surface area contributed by atoms with Crippen molar-refractivity contribution in [3.8, 4) is 5.75 Å². The van der Waals surface area contributed by atoms with Gasteiger partial charge >= 0.3 is 0 Å². The molecule has 0 fully saturated rings. The molecule has 8 nitrogen and oxygen atoms in total. The van der Waals surface area contributed by atoms with E-state index in [1.54, 1.807) is 38.1 Å². The number of benzene rings is 3. The summed E-state index contributed by atoms with van der Waals surface area (Å²) >= 11 is 6.00. The Labute approximate surface area is 246 Å². The van der Waals surface area contributed by atoms with Crippen molar-refractivity contribution >= 4 is 39.1 Å². The fraction of sp³-hybridized carbons (Fsp3) is 0.333. The number of sulfonamides is 1. The Morgan fingerprint density at radius 3 is 2.20 bits per heavy atom. The van der Waals surface area contributed by atoms with E-state index < -0.39 is 34.3 Å². The molecular formula is C30H35ClFN3O5S. The van der Waals surface area contributed by atoms with Crippen LogP contribution >= 0.6 is 11.6 Å². The lowest BCUT2D eigenvalue weighted by molar-refractivity contribution is -0.140. The number of carbonyl (C=O) groups is 2. The molecule has 2 amide bonds. The van der Waals surface area contributed by atoms with Gasteiger partial charge in [0.1, 0.15) is 24.2 Å². The first kappa shape index (κ1) is 31.9. The number of ether oxygens (including phenoxy) is 1. The molecule has 0 aliphatic heterocycles. The van der Waals surface area contributed by atoms with Gasteiger partial charge in [-0.3, -0.25) is 13.9 Å². The molecule has 3 aromatic carbocycles. The zero-order chi connectivity index (χ0) is 30.2. The number of nitrogens with zero attached hydrogens (tertiary/aromatic N) is 2. The molecule has 0 spiro atoms. The monoisotopic (exact) mass is 603 g/mol. The molecule has 1 atom stereocenters. The fourth-order valence-corrected chi connectivity index (χ4v) is 5.83. The summed E-state index contributed by atoms with van der Waals surface area (Å²) in [6.45, 7) is 6.76. The van der Waals surface area contributed by atoms with E-state index in [4.69, 9.17) is 16.3 Å². The Kier molecular flexibility index (Phi) is 11.1. The molecular weight excluding hydrogens is 569 g/mol. The van der Waals surface area contributed by atoms with Crippen LogP contribution in [0.3, 0.4) is 0 Å². The Balaban J connectivity index is 2.11. The van der Waals surface area contributed by atoms with Crippen molar-refractivity contribution < 1.29 is 27.1 Å². The first-order valence-electron chi connectivity index (χ1n) is 13.3. The average Bonchev–Trinajstić information content (AvgIpc) is 2.93. The number of carbonyl (C=O) groups excluding carboxylic acids is 2. The van der Waals surface area contributed by atoms with E-state index in [-0.39, 0.29) is 47.9 Å². The van der Waals surface area contributed by atoms with Crippen LogP contribution in [-0.4, -0.2) is 50.4 Å². The van der Waals surface area contributed by atoms with Gasteiger partial charge in [0, 0.05) is 17.6 Å². The van der Waals surface area contributed by atoms with Gasteiger partial charge < -0.3 is 15.0 Å². The van der Waals surface area contributed by atoms with E-state index in [9.17, 15) is 22.4 Å². The number of hydrogen-bond acceptors (Lipinski definition) is 5. The maximum Gasteiger partial charge on any atom is 0.264 e. The first-order valence-corrected chi connectivity index (χ1v) is 15.1. The van der Waals surface area contributed by atoms with Gasteiger partial charge in [0.15, 0.2) is 0 Å². The van der Waals surface area contributed by atoms with Gasteiger partial charge in [0.05, 0.1) is 17.2 Å². The molecule has 3 rings (SSSR count). The maximum absolute atomic E-state index is 14.1. The number of para-hydroxylation sites is 2. The van der Waals surface area contributed by atoms with Crippen LogP contribution in [0, 0.1) is 5.82 Å². The van der Waals surface area contributed by atoms with Gasteiger partial charge in [-0.15, -0.1) is 0 Å². The highest BCUT2D eigenvalue weighted by molar-refractivity contribution is 7.92. The number of amides is 2. The lowest BCUT2D eigenvalue weighted by Gasteiger charge is -2.34. The molecule has 0 radical (unpaired) electrons. The summed E-state index contributed by atoms with van der Waals surface area (Å²) in [6.07, 6.45) is 0.269. The summed E-state index contributed by atoms with van der Waals surface area (Å²) in [5.74, 6) is -1.16. The predicted molar refractivity (Wildman–Crippen MR) is 158 cm³/mol. The summed E-state index contributed by atoms with van der Waals surface area (Å²) in [5.41, 5.74) is 0.747. The predicted octanol–water partition coefficient (Wildman–Crippen LogP) is 5.41. The minimum Gasteiger partial charge on any atom is -0.492 e. The van der Waals surface area contributed by atoms with Crippen LogP contribution in [0.25, 0.3) is 0 Å². The number of nitrogens with one attached hydrogen (secondary N) is 1. The number of rotatable bonds is 13. The number of halogens is 2. The molecule has 0 aliphatic rings. The van der Waals surface area contributed by atoms with E-state index in [2.05, 4.69) is 5.32 Å². The van der Waals surface area contributed by atoms with E-state index in [1.165, 1.54) is 53.4 Å². The van der Waals surface area contributed by atoms with Crippen LogP contribution in [0.5, 0.6) is 5.75 Å². The minimum absolute atomic E-state index is 0.0366. The van der Waals surface area contributed by atoms with Crippen molar-refractivity contribution in [3.05, 3.63) is 89.2 Å². The van der Waals surface area contributed by atoms with Crippen LogP contribution in [-0.2, 0) is 26.2 Å². The second-order valence-corrected chi connectivity index (χ2v) is 11.9. The third kappa shape index (κ3) is 8.20. The average molecular weight is 604 g/mol. The Bertz CT molecular complexity index is 1430. The smallest absolute Gasteiger partial charge is 0.264 e. The molecule has 41 heavy (non-hydrogen) atoms. The van der Waals surface area contributed by atoms with E-state index in [0.717, 1.165) is 4.31 Å². The van der Waals surface area contributed by atoms with Crippen LogP contribution < -0.4 is 14.4 Å². The fourth-order valence-electron chi connectivity index (χ4n) is 4.27. The molecule has 0 bridgehead atoms. The summed E-state index contributed by atoms with van der Waals surface area (Å²) < 4.78 is 48.3. The van der Waals surface area contributed by atoms with Gasteiger partial charge in [-0.2, -0.15) is 0 Å². The van der Waals surface area contributed by atoms with Crippen LogP contribution in [0.15, 0.2) is 77.7 Å². The molecule has 1 unspecified atom stereocenters. The highest BCUT2D eigenvalue weighted by atomic mass is 35.5. The Morgan fingerprint density at radius 1 is 0.976 bits per heavy atom. The summed E-state index contributed by atoms with van der Waals surface area (Å²) in [5, 5.41) is 3.19. The molecule has 0 aromatic heterocycles. The normalized spacial score (nSPS) is 12.1. The van der Waals surface area contributed by atoms with Gasteiger partial charge in [0.2, 0.25) is 11.8 Å². The van der Waals surface area contributed by atoms with E-state index in [0.29, 0.717) is 10.6 Å². The quantitative estimate of drug-likeness (QED) is 0.282. The summed E-state index contributed by atoms with van der Waals surface area (Å²) in [4.78, 5) is 28.5. The number of anilines is 1. The second kappa shape index (κ2) is 14.3. The molecule has 0 saturated heterocycles. The molecule has 1 N–H and O–H groups in total. The molecule has 3 aromatic rings.